The summed E-state index contributed by atoms with van der Waals surface area (Å²) in [7, 11) is 0. The van der Waals surface area contributed by atoms with Crippen molar-refractivity contribution in [3.63, 3.8) is 0 Å². The topological polar surface area (TPSA) is 26.3 Å². The molecule has 0 atom stereocenters. The summed E-state index contributed by atoms with van der Waals surface area (Å²) in [6, 6.07) is 3.56. The van der Waals surface area contributed by atoms with Gasteiger partial charge in [-0.1, -0.05) is 45.2 Å². The molecule has 0 amide bonds. The molecule has 16 heavy (non-hydrogen) atoms. The summed E-state index contributed by atoms with van der Waals surface area (Å²) >= 11 is 15.3. The van der Waals surface area contributed by atoms with E-state index in [1.165, 1.54) is 0 Å². The van der Waals surface area contributed by atoms with Crippen molar-refractivity contribution < 1.29 is 9.53 Å². The molecule has 0 radical (unpaired) electrons. The monoisotopic (exact) mass is 324 g/mol. The molecular weight excluding hydrogens is 315 g/mol. The van der Waals surface area contributed by atoms with Crippen LogP contribution in [-0.4, -0.2) is 12.6 Å². The third kappa shape index (κ3) is 3.37. The van der Waals surface area contributed by atoms with Gasteiger partial charge in [-0.05, 0) is 24.1 Å². The van der Waals surface area contributed by atoms with Gasteiger partial charge in [0.1, 0.15) is 0 Å². The zero-order chi connectivity index (χ0) is 12.1. The molecule has 0 N–H and O–H groups in total. The molecule has 0 aromatic heterocycles. The Hall–Kier alpha value is -0.250. The molecule has 5 heteroatoms. The maximum Gasteiger partial charge on any atom is 0.310 e. The third-order valence-electron chi connectivity index (χ3n) is 2.06. The average molecular weight is 326 g/mol. The van der Waals surface area contributed by atoms with Gasteiger partial charge in [0.15, 0.2) is 0 Å². The highest BCUT2D eigenvalue weighted by molar-refractivity contribution is 9.08. The molecule has 1 aromatic carbocycles. The first-order valence-corrected chi connectivity index (χ1v) is 6.65. The van der Waals surface area contributed by atoms with Crippen LogP contribution in [-0.2, 0) is 21.3 Å². The van der Waals surface area contributed by atoms with E-state index in [1.54, 1.807) is 13.0 Å². The van der Waals surface area contributed by atoms with Gasteiger partial charge in [-0.15, -0.1) is 0 Å². The summed E-state index contributed by atoms with van der Waals surface area (Å²) in [6.45, 7) is 2.13. The van der Waals surface area contributed by atoms with Crippen molar-refractivity contribution in [3.05, 3.63) is 33.3 Å². The van der Waals surface area contributed by atoms with Gasteiger partial charge in [-0.2, -0.15) is 0 Å². The first-order valence-electron chi connectivity index (χ1n) is 4.77. The highest BCUT2D eigenvalue weighted by Crippen LogP contribution is 2.30. The van der Waals surface area contributed by atoms with Gasteiger partial charge in [0.05, 0.1) is 23.1 Å². The fourth-order valence-corrected chi connectivity index (χ4v) is 2.26. The number of carbonyl (C=O) groups is 1. The lowest BCUT2D eigenvalue weighted by Crippen LogP contribution is -2.09. The van der Waals surface area contributed by atoms with Crippen LogP contribution in [0.4, 0.5) is 0 Å². The highest BCUT2D eigenvalue weighted by Gasteiger charge is 2.14. The first-order chi connectivity index (χ1) is 7.60. The zero-order valence-electron chi connectivity index (χ0n) is 8.73. The molecule has 0 heterocycles. The number of hydrogen-bond donors (Lipinski definition) is 0. The molecule has 0 spiro atoms. The maximum absolute atomic E-state index is 11.4. The van der Waals surface area contributed by atoms with E-state index >= 15 is 0 Å². The molecule has 0 fully saturated rings. The van der Waals surface area contributed by atoms with Gasteiger partial charge in [0.2, 0.25) is 0 Å². The van der Waals surface area contributed by atoms with Crippen molar-refractivity contribution in [2.24, 2.45) is 0 Å². The van der Waals surface area contributed by atoms with Crippen molar-refractivity contribution in [2.45, 2.75) is 18.7 Å². The van der Waals surface area contributed by atoms with E-state index in [-0.39, 0.29) is 12.4 Å². The van der Waals surface area contributed by atoms with Gasteiger partial charge < -0.3 is 4.74 Å². The standard InChI is InChI=1S/C11H11BrCl2O2/c1-2-16-10(15)5-8-7(6-12)3-4-9(13)11(8)14/h3-4H,2,5-6H2,1H3. The molecule has 1 aromatic rings. The Labute approximate surface area is 113 Å². The fraction of sp³-hybridized carbons (Fsp3) is 0.364. The smallest absolute Gasteiger partial charge is 0.310 e. The van der Waals surface area contributed by atoms with Crippen LogP contribution in [0.1, 0.15) is 18.1 Å². The summed E-state index contributed by atoms with van der Waals surface area (Å²) < 4.78 is 4.88. The third-order valence-corrected chi connectivity index (χ3v) is 3.51. The molecule has 0 saturated carbocycles. The Bertz CT molecular complexity index is 394. The van der Waals surface area contributed by atoms with Crippen LogP contribution in [0.3, 0.4) is 0 Å². The number of ether oxygens (including phenoxy) is 1. The maximum atomic E-state index is 11.4. The largest absolute Gasteiger partial charge is 0.466 e. The van der Waals surface area contributed by atoms with E-state index in [4.69, 9.17) is 27.9 Å². The summed E-state index contributed by atoms with van der Waals surface area (Å²) in [4.78, 5) is 11.4. The van der Waals surface area contributed by atoms with Crippen molar-refractivity contribution in [2.75, 3.05) is 6.61 Å². The molecule has 0 saturated heterocycles. The number of carbonyl (C=O) groups excluding carboxylic acids is 1. The highest BCUT2D eigenvalue weighted by atomic mass is 79.9. The van der Waals surface area contributed by atoms with Crippen molar-refractivity contribution in [1.82, 2.24) is 0 Å². The lowest BCUT2D eigenvalue weighted by Gasteiger charge is -2.10. The van der Waals surface area contributed by atoms with Gasteiger partial charge in [0.25, 0.3) is 0 Å². The molecule has 1 rings (SSSR count). The van der Waals surface area contributed by atoms with Crippen LogP contribution in [0, 0.1) is 0 Å². The second-order valence-electron chi connectivity index (χ2n) is 3.11. The minimum atomic E-state index is -0.297. The average Bonchev–Trinajstić information content (AvgIpc) is 2.25. The molecule has 88 valence electrons. The molecule has 0 bridgehead atoms. The summed E-state index contributed by atoms with van der Waals surface area (Å²) in [6.07, 6.45) is 0.147. The SMILES string of the molecule is CCOC(=O)Cc1c(CBr)ccc(Cl)c1Cl. The minimum Gasteiger partial charge on any atom is -0.466 e. The van der Waals surface area contributed by atoms with Crippen molar-refractivity contribution in [3.8, 4) is 0 Å². The van der Waals surface area contributed by atoms with E-state index in [1.807, 2.05) is 6.07 Å². The predicted octanol–water partition coefficient (Wildman–Crippen LogP) is 3.99. The van der Waals surface area contributed by atoms with E-state index in [0.717, 1.165) is 11.1 Å². The van der Waals surface area contributed by atoms with Crippen LogP contribution < -0.4 is 0 Å². The lowest BCUT2D eigenvalue weighted by atomic mass is 10.1. The second kappa shape index (κ2) is 6.48. The van der Waals surface area contributed by atoms with Crippen LogP contribution >= 0.6 is 39.1 Å². The van der Waals surface area contributed by atoms with E-state index in [2.05, 4.69) is 15.9 Å². The Morgan fingerprint density at radius 2 is 2.12 bits per heavy atom. The van der Waals surface area contributed by atoms with E-state index < -0.39 is 0 Å². The predicted molar refractivity (Wildman–Crippen MR) is 69.4 cm³/mol. The van der Waals surface area contributed by atoms with Crippen molar-refractivity contribution >= 4 is 45.1 Å². The first kappa shape index (κ1) is 13.8. The number of alkyl halides is 1. The van der Waals surface area contributed by atoms with Crippen molar-refractivity contribution in [1.29, 1.82) is 0 Å². The van der Waals surface area contributed by atoms with Gasteiger partial charge in [-0.3, -0.25) is 4.79 Å². The van der Waals surface area contributed by atoms with Crippen LogP contribution in [0.15, 0.2) is 12.1 Å². The number of benzene rings is 1. The fourth-order valence-electron chi connectivity index (χ4n) is 1.31. The number of halogens is 3. The van der Waals surface area contributed by atoms with Crippen LogP contribution in [0.5, 0.6) is 0 Å². The van der Waals surface area contributed by atoms with Gasteiger partial charge >= 0.3 is 5.97 Å². The van der Waals surface area contributed by atoms with Gasteiger partial charge in [0, 0.05) is 5.33 Å². The number of esters is 1. The Kier molecular flexibility index (Phi) is 5.59. The molecular formula is C11H11BrCl2O2. The zero-order valence-corrected chi connectivity index (χ0v) is 11.8. The Balaban J connectivity index is 3.00. The van der Waals surface area contributed by atoms with E-state index in [0.29, 0.717) is 22.0 Å². The molecule has 0 aliphatic heterocycles. The van der Waals surface area contributed by atoms with Crippen LogP contribution in [0.25, 0.3) is 0 Å². The molecule has 2 nitrogen and oxygen atoms in total. The normalized spacial score (nSPS) is 10.2. The molecule has 0 aliphatic carbocycles. The van der Waals surface area contributed by atoms with E-state index in [9.17, 15) is 4.79 Å². The summed E-state index contributed by atoms with van der Waals surface area (Å²) in [5, 5.41) is 1.50. The second-order valence-corrected chi connectivity index (χ2v) is 4.46. The minimum absolute atomic E-state index is 0.147. The lowest BCUT2D eigenvalue weighted by molar-refractivity contribution is -0.142. The molecule has 0 aliphatic rings. The molecule has 0 unspecified atom stereocenters. The summed E-state index contributed by atoms with van der Waals surface area (Å²) in [5.41, 5.74) is 1.67. The number of rotatable bonds is 4. The Morgan fingerprint density at radius 1 is 1.44 bits per heavy atom. The number of hydrogen-bond acceptors (Lipinski definition) is 2. The quantitative estimate of drug-likeness (QED) is 0.618. The van der Waals surface area contributed by atoms with Gasteiger partial charge in [-0.25, -0.2) is 0 Å². The van der Waals surface area contributed by atoms with Crippen LogP contribution in [0.2, 0.25) is 10.0 Å². The Morgan fingerprint density at radius 3 is 2.69 bits per heavy atom. The summed E-state index contributed by atoms with van der Waals surface area (Å²) in [5.74, 6) is -0.297.